The molecule has 3 nitrogen and oxygen atoms in total. The van der Waals surface area contributed by atoms with Gasteiger partial charge in [0.25, 0.3) is 0 Å². The van der Waals surface area contributed by atoms with E-state index in [0.29, 0.717) is 36.1 Å². The van der Waals surface area contributed by atoms with Crippen LogP contribution < -0.4 is 15.2 Å². The van der Waals surface area contributed by atoms with Crippen molar-refractivity contribution in [2.75, 3.05) is 13.2 Å². The van der Waals surface area contributed by atoms with Gasteiger partial charge in [0.05, 0.1) is 18.8 Å². The Morgan fingerprint density at radius 3 is 2.57 bits per heavy atom. The topological polar surface area (TPSA) is 44.5 Å². The van der Waals surface area contributed by atoms with Crippen molar-refractivity contribution in [1.82, 2.24) is 0 Å². The molecule has 0 aliphatic heterocycles. The second-order valence-electron chi connectivity index (χ2n) is 4.37. The fourth-order valence-corrected chi connectivity index (χ4v) is 1.95. The highest BCUT2D eigenvalue weighted by Gasteiger charge is 2.05. The van der Waals surface area contributed by atoms with Crippen LogP contribution in [0.5, 0.6) is 11.5 Å². The average molecular weight is 305 g/mol. The van der Waals surface area contributed by atoms with E-state index in [1.165, 1.54) is 12.1 Å². The Hall–Kier alpha value is -2.14. The highest BCUT2D eigenvalue weighted by atomic mass is 32.1. The molecule has 110 valence electrons. The molecule has 2 aromatic carbocycles. The van der Waals surface area contributed by atoms with Crippen LogP contribution in [0.25, 0.3) is 0 Å². The third kappa shape index (κ3) is 4.72. The van der Waals surface area contributed by atoms with Crippen molar-refractivity contribution in [2.45, 2.75) is 6.42 Å². The fourth-order valence-electron chi connectivity index (χ4n) is 1.78. The number of para-hydroxylation sites is 1. The maximum Gasteiger partial charge on any atom is 0.129 e. The first-order chi connectivity index (χ1) is 10.2. The lowest BCUT2D eigenvalue weighted by Gasteiger charge is -2.11. The number of halogens is 1. The van der Waals surface area contributed by atoms with Gasteiger partial charge in [-0.3, -0.25) is 0 Å². The van der Waals surface area contributed by atoms with Crippen molar-refractivity contribution in [3.63, 3.8) is 0 Å². The van der Waals surface area contributed by atoms with E-state index in [4.69, 9.17) is 27.4 Å². The maximum absolute atomic E-state index is 13.0. The van der Waals surface area contributed by atoms with Crippen LogP contribution in [0.3, 0.4) is 0 Å². The standard InChI is InChI=1S/C16H16FNO2S/c17-12-5-3-6-13(11-12)19-9-4-10-20-15-8-2-1-7-14(15)16(18)21/h1-3,5-8,11H,4,9-10H2,(H2,18,21). The van der Waals surface area contributed by atoms with Crippen LogP contribution in [0, 0.1) is 5.82 Å². The van der Waals surface area contributed by atoms with E-state index < -0.39 is 0 Å². The van der Waals surface area contributed by atoms with Crippen molar-refractivity contribution < 1.29 is 13.9 Å². The Morgan fingerprint density at radius 2 is 1.81 bits per heavy atom. The maximum atomic E-state index is 13.0. The van der Waals surface area contributed by atoms with Gasteiger partial charge in [-0.15, -0.1) is 0 Å². The summed E-state index contributed by atoms with van der Waals surface area (Å²) in [5.74, 6) is 0.864. The summed E-state index contributed by atoms with van der Waals surface area (Å²) >= 11 is 4.96. The van der Waals surface area contributed by atoms with Gasteiger partial charge in [0.15, 0.2) is 0 Å². The van der Waals surface area contributed by atoms with Crippen LogP contribution in [0.15, 0.2) is 48.5 Å². The lowest BCUT2D eigenvalue weighted by atomic mass is 10.2. The van der Waals surface area contributed by atoms with E-state index in [1.54, 1.807) is 12.1 Å². The van der Waals surface area contributed by atoms with Crippen LogP contribution >= 0.6 is 12.2 Å². The molecule has 0 aliphatic rings. The lowest BCUT2D eigenvalue weighted by molar-refractivity contribution is 0.247. The molecule has 0 heterocycles. The molecule has 2 N–H and O–H groups in total. The Labute approximate surface area is 128 Å². The van der Waals surface area contributed by atoms with Crippen LogP contribution in [0.1, 0.15) is 12.0 Å². The molecule has 2 aromatic rings. The smallest absolute Gasteiger partial charge is 0.129 e. The van der Waals surface area contributed by atoms with Crippen molar-refractivity contribution in [3.05, 3.63) is 59.9 Å². The predicted molar refractivity (Wildman–Crippen MR) is 84.3 cm³/mol. The molecule has 0 bridgehead atoms. The van der Waals surface area contributed by atoms with Gasteiger partial charge in [-0.05, 0) is 24.3 Å². The normalized spacial score (nSPS) is 10.1. The number of ether oxygens (including phenoxy) is 2. The van der Waals surface area contributed by atoms with Crippen LogP contribution in [0.2, 0.25) is 0 Å². The first-order valence-corrected chi connectivity index (χ1v) is 6.97. The summed E-state index contributed by atoms with van der Waals surface area (Å²) in [6.45, 7) is 0.910. The van der Waals surface area contributed by atoms with E-state index >= 15 is 0 Å². The van der Waals surface area contributed by atoms with Crippen molar-refractivity contribution >= 4 is 17.2 Å². The van der Waals surface area contributed by atoms with Crippen LogP contribution in [-0.2, 0) is 0 Å². The summed E-state index contributed by atoms with van der Waals surface area (Å²) in [4.78, 5) is 0.307. The summed E-state index contributed by atoms with van der Waals surface area (Å²) in [5.41, 5.74) is 6.35. The molecule has 0 radical (unpaired) electrons. The summed E-state index contributed by atoms with van der Waals surface area (Å²) < 4.78 is 24.0. The quantitative estimate of drug-likeness (QED) is 0.629. The largest absolute Gasteiger partial charge is 0.493 e. The number of hydrogen-bond donors (Lipinski definition) is 1. The number of hydrogen-bond acceptors (Lipinski definition) is 3. The molecule has 0 aliphatic carbocycles. The molecule has 0 aromatic heterocycles. The van der Waals surface area contributed by atoms with Gasteiger partial charge < -0.3 is 15.2 Å². The van der Waals surface area contributed by atoms with Gasteiger partial charge >= 0.3 is 0 Å². The van der Waals surface area contributed by atoms with Gasteiger partial charge in [0.2, 0.25) is 0 Å². The van der Waals surface area contributed by atoms with E-state index in [-0.39, 0.29) is 5.82 Å². The molecule has 0 spiro atoms. The molecule has 0 saturated carbocycles. The first-order valence-electron chi connectivity index (χ1n) is 6.57. The third-order valence-electron chi connectivity index (χ3n) is 2.76. The minimum absolute atomic E-state index is 0.307. The number of thiocarbonyl (C=S) groups is 1. The number of benzene rings is 2. The average Bonchev–Trinajstić information content (AvgIpc) is 2.47. The SMILES string of the molecule is NC(=S)c1ccccc1OCCCOc1cccc(F)c1. The Balaban J connectivity index is 1.76. The van der Waals surface area contributed by atoms with Gasteiger partial charge in [-0.1, -0.05) is 30.4 Å². The van der Waals surface area contributed by atoms with Crippen molar-refractivity contribution in [1.29, 1.82) is 0 Å². The van der Waals surface area contributed by atoms with Gasteiger partial charge in [0, 0.05) is 12.5 Å². The molecule has 0 atom stereocenters. The number of nitrogens with two attached hydrogens (primary N) is 1. The summed E-state index contributed by atoms with van der Waals surface area (Å²) in [6, 6.07) is 13.4. The highest BCUT2D eigenvalue weighted by Crippen LogP contribution is 2.18. The molecule has 21 heavy (non-hydrogen) atoms. The summed E-state index contributed by atoms with van der Waals surface area (Å²) in [5, 5.41) is 0. The fraction of sp³-hybridized carbons (Fsp3) is 0.188. The van der Waals surface area contributed by atoms with E-state index in [1.807, 2.05) is 24.3 Å². The van der Waals surface area contributed by atoms with E-state index in [0.717, 1.165) is 5.56 Å². The molecule has 0 fully saturated rings. The first kappa shape index (κ1) is 15.3. The molecule has 0 amide bonds. The van der Waals surface area contributed by atoms with Gasteiger partial charge in [-0.25, -0.2) is 4.39 Å². The highest BCUT2D eigenvalue weighted by molar-refractivity contribution is 7.80. The second-order valence-corrected chi connectivity index (χ2v) is 4.81. The minimum atomic E-state index is -0.311. The van der Waals surface area contributed by atoms with Crippen LogP contribution in [-0.4, -0.2) is 18.2 Å². The number of rotatable bonds is 7. The molecular weight excluding hydrogens is 289 g/mol. The Bertz CT molecular complexity index is 619. The zero-order chi connectivity index (χ0) is 15.1. The van der Waals surface area contributed by atoms with Gasteiger partial charge in [0.1, 0.15) is 22.3 Å². The zero-order valence-electron chi connectivity index (χ0n) is 11.4. The molecule has 2 rings (SSSR count). The zero-order valence-corrected chi connectivity index (χ0v) is 12.2. The van der Waals surface area contributed by atoms with Crippen molar-refractivity contribution in [3.8, 4) is 11.5 Å². The third-order valence-corrected chi connectivity index (χ3v) is 2.98. The predicted octanol–water partition coefficient (Wildman–Crippen LogP) is 3.31. The monoisotopic (exact) mass is 305 g/mol. The van der Waals surface area contributed by atoms with E-state index in [2.05, 4.69) is 0 Å². The Kier molecular flexibility index (Phi) is 5.51. The molecule has 0 unspecified atom stereocenters. The lowest BCUT2D eigenvalue weighted by Crippen LogP contribution is -2.12. The van der Waals surface area contributed by atoms with Gasteiger partial charge in [-0.2, -0.15) is 0 Å². The van der Waals surface area contributed by atoms with Crippen molar-refractivity contribution in [2.24, 2.45) is 5.73 Å². The summed E-state index contributed by atoms with van der Waals surface area (Å²) in [7, 11) is 0. The molecule has 5 heteroatoms. The Morgan fingerprint density at radius 1 is 1.05 bits per heavy atom. The minimum Gasteiger partial charge on any atom is -0.493 e. The van der Waals surface area contributed by atoms with Crippen LogP contribution in [0.4, 0.5) is 4.39 Å². The molecule has 0 saturated heterocycles. The second kappa shape index (κ2) is 7.59. The van der Waals surface area contributed by atoms with E-state index in [9.17, 15) is 4.39 Å². The molecular formula is C16H16FNO2S. The summed E-state index contributed by atoms with van der Waals surface area (Å²) in [6.07, 6.45) is 0.669.